The lowest BCUT2D eigenvalue weighted by molar-refractivity contribution is 0.661. The van der Waals surface area contributed by atoms with Gasteiger partial charge in [0.05, 0.1) is 0 Å². The topological polar surface area (TPSA) is 3.24 Å². The zero-order chi connectivity index (χ0) is 32.2. The number of nitrogens with zero attached hydrogens (tertiary/aromatic N) is 1. The normalized spacial score (nSPS) is 13.0. The summed E-state index contributed by atoms with van der Waals surface area (Å²) in [6.07, 6.45) is 0. The van der Waals surface area contributed by atoms with E-state index in [1.807, 2.05) is 0 Å². The average Bonchev–Trinajstić information content (AvgIpc) is 3.36. The van der Waals surface area contributed by atoms with Crippen LogP contribution in [0.3, 0.4) is 0 Å². The number of hydrogen-bond acceptors (Lipinski definition) is 1. The van der Waals surface area contributed by atoms with Gasteiger partial charge in [0.25, 0.3) is 0 Å². The quantitative estimate of drug-likeness (QED) is 0.175. The summed E-state index contributed by atoms with van der Waals surface area (Å²) in [7, 11) is 0. The highest BCUT2D eigenvalue weighted by atomic mass is 15.1. The van der Waals surface area contributed by atoms with Gasteiger partial charge in [-0.05, 0) is 121 Å². The van der Waals surface area contributed by atoms with Crippen LogP contribution in [0.5, 0.6) is 0 Å². The molecule has 0 atom stereocenters. The fourth-order valence-corrected chi connectivity index (χ4v) is 7.74. The molecule has 0 aliphatic heterocycles. The molecule has 0 unspecified atom stereocenters. The van der Waals surface area contributed by atoms with E-state index in [2.05, 4.69) is 195 Å². The molecular weight excluding hydrogens is 579 g/mol. The van der Waals surface area contributed by atoms with E-state index in [0.717, 1.165) is 17.1 Å². The highest BCUT2D eigenvalue weighted by Gasteiger charge is 2.36. The van der Waals surface area contributed by atoms with Gasteiger partial charge in [0, 0.05) is 22.5 Å². The summed E-state index contributed by atoms with van der Waals surface area (Å²) >= 11 is 0. The van der Waals surface area contributed by atoms with E-state index in [4.69, 9.17) is 0 Å². The third kappa shape index (κ3) is 4.62. The highest BCUT2D eigenvalue weighted by molar-refractivity contribution is 6.10. The van der Waals surface area contributed by atoms with Crippen molar-refractivity contribution in [2.45, 2.75) is 19.3 Å². The molecule has 9 rings (SSSR count). The smallest absolute Gasteiger partial charge is 0.0473 e. The third-order valence-corrected chi connectivity index (χ3v) is 10.2. The van der Waals surface area contributed by atoms with Crippen molar-refractivity contribution in [3.63, 3.8) is 0 Å². The van der Waals surface area contributed by atoms with Crippen LogP contribution in [0.4, 0.5) is 17.1 Å². The highest BCUT2D eigenvalue weighted by Crippen LogP contribution is 2.52. The fraction of sp³-hybridized carbons (Fsp3) is 0.0638. The Morgan fingerprint density at radius 1 is 0.354 bits per heavy atom. The van der Waals surface area contributed by atoms with Crippen LogP contribution in [-0.4, -0.2) is 0 Å². The first kappa shape index (κ1) is 28.3. The predicted octanol–water partition coefficient (Wildman–Crippen LogP) is 13.1. The molecule has 0 saturated carbocycles. The lowest BCUT2D eigenvalue weighted by atomic mass is 9.81. The summed E-state index contributed by atoms with van der Waals surface area (Å²) in [5, 5.41) is 5.20. The van der Waals surface area contributed by atoms with E-state index in [-0.39, 0.29) is 5.41 Å². The molecule has 0 amide bonds. The zero-order valence-electron chi connectivity index (χ0n) is 27.2. The Kier molecular flexibility index (Phi) is 6.55. The van der Waals surface area contributed by atoms with Gasteiger partial charge in [-0.1, -0.05) is 135 Å². The molecular formula is C47H35N. The lowest BCUT2D eigenvalue weighted by Crippen LogP contribution is -2.15. The maximum atomic E-state index is 2.46. The molecule has 1 nitrogen and oxygen atoms in total. The van der Waals surface area contributed by atoms with Crippen molar-refractivity contribution >= 4 is 38.6 Å². The summed E-state index contributed by atoms with van der Waals surface area (Å²) in [5.74, 6) is 0. The zero-order valence-corrected chi connectivity index (χ0v) is 27.2. The van der Waals surface area contributed by atoms with E-state index in [0.29, 0.717) is 0 Å². The van der Waals surface area contributed by atoms with Gasteiger partial charge in [-0.25, -0.2) is 0 Å². The molecule has 0 N–H and O–H groups in total. The van der Waals surface area contributed by atoms with Crippen LogP contribution >= 0.6 is 0 Å². The Labute approximate surface area is 282 Å². The molecule has 8 aromatic carbocycles. The van der Waals surface area contributed by atoms with E-state index < -0.39 is 0 Å². The monoisotopic (exact) mass is 613 g/mol. The molecule has 0 spiro atoms. The van der Waals surface area contributed by atoms with Crippen LogP contribution in [0.2, 0.25) is 0 Å². The molecule has 1 aliphatic carbocycles. The van der Waals surface area contributed by atoms with Gasteiger partial charge in [-0.15, -0.1) is 0 Å². The van der Waals surface area contributed by atoms with Crippen molar-refractivity contribution in [1.82, 2.24) is 0 Å². The Hall–Kier alpha value is -5.92. The van der Waals surface area contributed by atoms with Crippen molar-refractivity contribution < 1.29 is 0 Å². The average molecular weight is 614 g/mol. The van der Waals surface area contributed by atoms with Crippen molar-refractivity contribution in [3.05, 3.63) is 187 Å². The number of anilines is 3. The predicted molar refractivity (Wildman–Crippen MR) is 205 cm³/mol. The molecule has 0 bridgehead atoms. The second-order valence-electron chi connectivity index (χ2n) is 13.4. The lowest BCUT2D eigenvalue weighted by Gasteiger charge is -2.28. The van der Waals surface area contributed by atoms with Crippen LogP contribution in [0.15, 0.2) is 176 Å². The molecule has 8 aromatic rings. The molecule has 0 fully saturated rings. The second-order valence-corrected chi connectivity index (χ2v) is 13.4. The van der Waals surface area contributed by atoms with Gasteiger partial charge < -0.3 is 4.90 Å². The summed E-state index contributed by atoms with van der Waals surface area (Å²) in [6.45, 7) is 4.75. The fourth-order valence-electron chi connectivity index (χ4n) is 7.74. The minimum atomic E-state index is -0.111. The van der Waals surface area contributed by atoms with Crippen LogP contribution < -0.4 is 4.90 Å². The van der Waals surface area contributed by atoms with Gasteiger partial charge in [0.1, 0.15) is 0 Å². The molecule has 0 saturated heterocycles. The van der Waals surface area contributed by atoms with E-state index in [1.54, 1.807) is 0 Å². The maximum absolute atomic E-state index is 2.46. The molecule has 0 heterocycles. The summed E-state index contributed by atoms with van der Waals surface area (Å²) in [6, 6.07) is 64.4. The molecule has 0 aromatic heterocycles. The summed E-state index contributed by atoms with van der Waals surface area (Å²) in [5.41, 5.74) is 13.5. The molecule has 228 valence electrons. The van der Waals surface area contributed by atoms with Gasteiger partial charge in [-0.3, -0.25) is 0 Å². The standard InChI is InChI=1S/C47H35N/c1-47(2)45-25-24-39(30-44(45)43-29-35-23-22-34-18-12-13-21-41(34)42(35)31-46(43)47)48(38-19-10-5-11-20-38)40-27-36(32-14-6-3-7-15-32)26-37(28-40)33-16-8-4-9-17-33/h3-31H,1-2H3. The van der Waals surface area contributed by atoms with Crippen molar-refractivity contribution in [2.24, 2.45) is 0 Å². The van der Waals surface area contributed by atoms with Crippen molar-refractivity contribution in [3.8, 4) is 33.4 Å². The van der Waals surface area contributed by atoms with Crippen LogP contribution in [0.1, 0.15) is 25.0 Å². The third-order valence-electron chi connectivity index (χ3n) is 10.2. The number of benzene rings is 8. The first-order valence-corrected chi connectivity index (χ1v) is 16.8. The van der Waals surface area contributed by atoms with Crippen LogP contribution in [-0.2, 0) is 5.41 Å². The largest absolute Gasteiger partial charge is 0.310 e. The van der Waals surface area contributed by atoms with Crippen molar-refractivity contribution in [1.29, 1.82) is 0 Å². The Bertz CT molecular complexity index is 2400. The van der Waals surface area contributed by atoms with E-state index in [9.17, 15) is 0 Å². The van der Waals surface area contributed by atoms with Crippen LogP contribution in [0.25, 0.3) is 54.9 Å². The van der Waals surface area contributed by atoms with Gasteiger partial charge >= 0.3 is 0 Å². The molecule has 0 radical (unpaired) electrons. The van der Waals surface area contributed by atoms with Crippen molar-refractivity contribution in [2.75, 3.05) is 4.90 Å². The Morgan fingerprint density at radius 2 is 0.938 bits per heavy atom. The number of rotatable bonds is 5. The minimum absolute atomic E-state index is 0.111. The molecule has 1 heteroatoms. The van der Waals surface area contributed by atoms with E-state index >= 15 is 0 Å². The second kappa shape index (κ2) is 11.1. The van der Waals surface area contributed by atoms with Gasteiger partial charge in [-0.2, -0.15) is 0 Å². The summed E-state index contributed by atoms with van der Waals surface area (Å²) in [4.78, 5) is 2.42. The van der Waals surface area contributed by atoms with Crippen LogP contribution in [0, 0.1) is 0 Å². The maximum Gasteiger partial charge on any atom is 0.0473 e. The van der Waals surface area contributed by atoms with Gasteiger partial charge in [0.2, 0.25) is 0 Å². The number of para-hydroxylation sites is 1. The molecule has 1 aliphatic rings. The first-order chi connectivity index (χ1) is 23.5. The van der Waals surface area contributed by atoms with E-state index in [1.165, 1.54) is 66.1 Å². The van der Waals surface area contributed by atoms with Gasteiger partial charge in [0.15, 0.2) is 0 Å². The molecule has 48 heavy (non-hydrogen) atoms. The number of fused-ring (bicyclic) bond motifs is 6. The Balaban J connectivity index is 1.26. The summed E-state index contributed by atoms with van der Waals surface area (Å²) < 4.78 is 0. The Morgan fingerprint density at radius 3 is 1.62 bits per heavy atom. The number of hydrogen-bond donors (Lipinski definition) is 0. The first-order valence-electron chi connectivity index (χ1n) is 16.8. The SMILES string of the molecule is CC1(C)c2ccc(N(c3ccccc3)c3cc(-c4ccccc4)cc(-c4ccccc4)c3)cc2-c2cc3ccc4ccccc4c3cc21. The minimum Gasteiger partial charge on any atom is -0.310 e.